The first kappa shape index (κ1) is 14.6. The van der Waals surface area contributed by atoms with E-state index in [1.54, 1.807) is 36.0 Å². The van der Waals surface area contributed by atoms with Crippen molar-refractivity contribution in [2.75, 3.05) is 7.11 Å². The molecule has 0 aliphatic rings. The molecule has 0 heterocycles. The zero-order valence-corrected chi connectivity index (χ0v) is 13.0. The Labute approximate surface area is 129 Å². The smallest absolute Gasteiger partial charge is 0.337 e. The highest BCUT2D eigenvalue weighted by Gasteiger charge is 2.07. The molecule has 0 radical (unpaired) electrons. The molecule has 0 saturated carbocycles. The van der Waals surface area contributed by atoms with Crippen molar-refractivity contribution < 1.29 is 9.53 Å². The van der Waals surface area contributed by atoms with E-state index >= 15 is 0 Å². The molecule has 0 spiro atoms. The second kappa shape index (κ2) is 6.60. The highest BCUT2D eigenvalue weighted by molar-refractivity contribution is 9.10. The van der Waals surface area contributed by atoms with Crippen LogP contribution < -0.4 is 0 Å². The van der Waals surface area contributed by atoms with Crippen LogP contribution in [0.15, 0.2) is 56.7 Å². The van der Waals surface area contributed by atoms with E-state index in [1.165, 1.54) is 7.11 Å². The first-order valence-corrected chi connectivity index (χ1v) is 7.31. The van der Waals surface area contributed by atoms with Gasteiger partial charge in [-0.1, -0.05) is 11.8 Å². The van der Waals surface area contributed by atoms with E-state index in [0.717, 1.165) is 14.3 Å². The summed E-state index contributed by atoms with van der Waals surface area (Å²) in [4.78, 5) is 13.4. The molecule has 0 unspecified atom stereocenters. The fourth-order valence-electron chi connectivity index (χ4n) is 1.56. The number of benzene rings is 2. The van der Waals surface area contributed by atoms with Gasteiger partial charge in [-0.2, -0.15) is 5.26 Å². The largest absolute Gasteiger partial charge is 0.465 e. The van der Waals surface area contributed by atoms with Crippen molar-refractivity contribution in [2.24, 2.45) is 0 Å². The van der Waals surface area contributed by atoms with Gasteiger partial charge >= 0.3 is 5.97 Å². The van der Waals surface area contributed by atoms with E-state index in [-0.39, 0.29) is 5.97 Å². The van der Waals surface area contributed by atoms with Crippen LogP contribution in [0.4, 0.5) is 0 Å². The van der Waals surface area contributed by atoms with E-state index in [1.807, 2.05) is 18.2 Å². The summed E-state index contributed by atoms with van der Waals surface area (Å²) >= 11 is 5.00. The number of nitriles is 1. The Kier molecular flexibility index (Phi) is 4.83. The number of carbonyl (C=O) groups excluding carboxylic acids is 1. The van der Waals surface area contributed by atoms with E-state index in [4.69, 9.17) is 5.26 Å². The standard InChI is InChI=1S/C15H10BrNO2S/c1-19-15(18)11-3-5-12(6-4-11)20-14-7-2-10(9-17)8-13(14)16/h2-8H,1H3. The summed E-state index contributed by atoms with van der Waals surface area (Å²) < 4.78 is 5.53. The Hall–Kier alpha value is -1.77. The minimum atomic E-state index is -0.346. The molecule has 0 bridgehead atoms. The monoisotopic (exact) mass is 347 g/mol. The van der Waals surface area contributed by atoms with Gasteiger partial charge in [0.1, 0.15) is 0 Å². The van der Waals surface area contributed by atoms with Gasteiger partial charge in [0.05, 0.1) is 24.3 Å². The molecule has 100 valence electrons. The summed E-state index contributed by atoms with van der Waals surface area (Å²) in [6.45, 7) is 0. The lowest BCUT2D eigenvalue weighted by Gasteiger charge is -2.05. The molecule has 0 N–H and O–H groups in total. The van der Waals surface area contributed by atoms with E-state index < -0.39 is 0 Å². The molecule has 0 amide bonds. The molecule has 2 aromatic rings. The summed E-state index contributed by atoms with van der Waals surface area (Å²) in [7, 11) is 1.36. The highest BCUT2D eigenvalue weighted by Crippen LogP contribution is 2.34. The maximum Gasteiger partial charge on any atom is 0.337 e. The Morgan fingerprint density at radius 1 is 1.25 bits per heavy atom. The minimum absolute atomic E-state index is 0.346. The zero-order valence-electron chi connectivity index (χ0n) is 10.6. The van der Waals surface area contributed by atoms with Gasteiger partial charge in [-0.25, -0.2) is 4.79 Å². The number of carbonyl (C=O) groups is 1. The van der Waals surface area contributed by atoms with Crippen LogP contribution in [-0.2, 0) is 4.74 Å². The number of hydrogen-bond donors (Lipinski definition) is 0. The molecule has 0 fully saturated rings. The minimum Gasteiger partial charge on any atom is -0.465 e. The van der Waals surface area contributed by atoms with Gasteiger partial charge in [0.15, 0.2) is 0 Å². The van der Waals surface area contributed by atoms with Gasteiger partial charge in [0, 0.05) is 14.3 Å². The third kappa shape index (κ3) is 3.41. The number of nitrogens with zero attached hydrogens (tertiary/aromatic N) is 1. The Morgan fingerprint density at radius 2 is 1.95 bits per heavy atom. The van der Waals surface area contributed by atoms with Crippen LogP contribution in [0.5, 0.6) is 0 Å². The van der Waals surface area contributed by atoms with Crippen molar-refractivity contribution in [3.8, 4) is 6.07 Å². The molecular formula is C15H10BrNO2S. The molecule has 2 aromatic carbocycles. The summed E-state index contributed by atoms with van der Waals surface area (Å²) in [6.07, 6.45) is 0. The fourth-order valence-corrected chi connectivity index (χ4v) is 3.00. The van der Waals surface area contributed by atoms with Crippen LogP contribution in [0.3, 0.4) is 0 Å². The third-order valence-corrected chi connectivity index (χ3v) is 4.57. The average Bonchev–Trinajstić information content (AvgIpc) is 2.49. The van der Waals surface area contributed by atoms with Gasteiger partial charge in [0.2, 0.25) is 0 Å². The summed E-state index contributed by atoms with van der Waals surface area (Å²) in [5.41, 5.74) is 1.14. The molecule has 0 saturated heterocycles. The van der Waals surface area contributed by atoms with Crippen LogP contribution in [-0.4, -0.2) is 13.1 Å². The molecule has 0 aliphatic carbocycles. The van der Waals surface area contributed by atoms with E-state index in [2.05, 4.69) is 26.7 Å². The lowest BCUT2D eigenvalue weighted by Crippen LogP contribution is -2.00. The van der Waals surface area contributed by atoms with Crippen molar-refractivity contribution in [1.29, 1.82) is 5.26 Å². The molecule has 3 nitrogen and oxygen atoms in total. The van der Waals surface area contributed by atoms with Gasteiger partial charge in [-0.3, -0.25) is 0 Å². The van der Waals surface area contributed by atoms with Gasteiger partial charge in [0.25, 0.3) is 0 Å². The molecule has 0 aromatic heterocycles. The predicted octanol–water partition coefficient (Wildman–Crippen LogP) is 4.26. The second-order valence-corrected chi connectivity index (χ2v) is 5.84. The molecule has 20 heavy (non-hydrogen) atoms. The van der Waals surface area contributed by atoms with Gasteiger partial charge < -0.3 is 4.74 Å². The van der Waals surface area contributed by atoms with Crippen LogP contribution in [0.25, 0.3) is 0 Å². The normalized spacial score (nSPS) is 9.85. The first-order chi connectivity index (χ1) is 9.63. The lowest BCUT2D eigenvalue weighted by molar-refractivity contribution is 0.0600. The SMILES string of the molecule is COC(=O)c1ccc(Sc2ccc(C#N)cc2Br)cc1. The maximum atomic E-state index is 11.3. The highest BCUT2D eigenvalue weighted by atomic mass is 79.9. The van der Waals surface area contributed by atoms with Gasteiger partial charge in [-0.15, -0.1) is 0 Å². The van der Waals surface area contributed by atoms with Crippen molar-refractivity contribution >= 4 is 33.7 Å². The maximum absolute atomic E-state index is 11.3. The predicted molar refractivity (Wildman–Crippen MR) is 80.8 cm³/mol. The summed E-state index contributed by atoms with van der Waals surface area (Å²) in [5.74, 6) is -0.346. The average molecular weight is 348 g/mol. The first-order valence-electron chi connectivity index (χ1n) is 5.70. The number of ether oxygens (including phenoxy) is 1. The fraction of sp³-hybridized carbons (Fsp3) is 0.0667. The van der Waals surface area contributed by atoms with Crippen LogP contribution in [0, 0.1) is 11.3 Å². The van der Waals surface area contributed by atoms with Crippen LogP contribution in [0.2, 0.25) is 0 Å². The van der Waals surface area contributed by atoms with E-state index in [9.17, 15) is 4.79 Å². The second-order valence-electron chi connectivity index (χ2n) is 3.88. The van der Waals surface area contributed by atoms with E-state index in [0.29, 0.717) is 11.1 Å². The van der Waals surface area contributed by atoms with Gasteiger partial charge in [-0.05, 0) is 58.4 Å². The van der Waals surface area contributed by atoms with Crippen LogP contribution >= 0.6 is 27.7 Å². The topological polar surface area (TPSA) is 50.1 Å². The third-order valence-electron chi connectivity index (χ3n) is 2.56. The molecule has 0 atom stereocenters. The summed E-state index contributed by atoms with van der Waals surface area (Å²) in [5, 5.41) is 8.83. The summed E-state index contributed by atoms with van der Waals surface area (Å²) in [6, 6.07) is 14.7. The van der Waals surface area contributed by atoms with Crippen molar-refractivity contribution in [2.45, 2.75) is 9.79 Å². The zero-order chi connectivity index (χ0) is 14.5. The van der Waals surface area contributed by atoms with Crippen molar-refractivity contribution in [3.63, 3.8) is 0 Å². The number of hydrogen-bond acceptors (Lipinski definition) is 4. The Balaban J connectivity index is 2.18. The number of methoxy groups -OCH3 is 1. The number of esters is 1. The van der Waals surface area contributed by atoms with Crippen LogP contribution in [0.1, 0.15) is 15.9 Å². The van der Waals surface area contributed by atoms with Crippen molar-refractivity contribution in [1.82, 2.24) is 0 Å². The molecular weight excluding hydrogens is 338 g/mol. The Morgan fingerprint density at radius 3 is 2.50 bits per heavy atom. The quantitative estimate of drug-likeness (QED) is 0.778. The number of rotatable bonds is 3. The number of halogens is 1. The molecule has 5 heteroatoms. The lowest BCUT2D eigenvalue weighted by atomic mass is 10.2. The Bertz CT molecular complexity index is 677. The molecule has 0 aliphatic heterocycles. The molecule has 2 rings (SSSR count). The van der Waals surface area contributed by atoms with Crippen molar-refractivity contribution in [3.05, 3.63) is 58.1 Å².